The lowest BCUT2D eigenvalue weighted by Crippen LogP contribution is -2.29. The molecule has 0 bridgehead atoms. The Kier molecular flexibility index (Phi) is 7.81. The first-order chi connectivity index (χ1) is 7.35. The Morgan fingerprint density at radius 2 is 1.69 bits per heavy atom. The Hall–Kier alpha value is -0.250. The lowest BCUT2D eigenvalue weighted by atomic mass is 9.99. The predicted octanol–water partition coefficient (Wildman–Crippen LogP) is 4.13. The largest absolute Gasteiger partial charge is 0.389 e. The van der Waals surface area contributed by atoms with Crippen LogP contribution in [0.15, 0.2) is 0 Å². The fourth-order valence-electron chi connectivity index (χ4n) is 1.72. The first-order valence-corrected chi connectivity index (χ1v) is 6.15. The first-order valence-electron chi connectivity index (χ1n) is 6.15. The van der Waals surface area contributed by atoms with Crippen LogP contribution in [0.3, 0.4) is 0 Å². The second-order valence-electron chi connectivity index (χ2n) is 4.73. The van der Waals surface area contributed by atoms with Gasteiger partial charge in [-0.25, -0.2) is 0 Å². The SMILES string of the molecule is CCNC(CCCC(F)(F)F)CCC(C)C. The van der Waals surface area contributed by atoms with E-state index in [0.717, 1.165) is 19.4 Å². The van der Waals surface area contributed by atoms with Gasteiger partial charge in [0.1, 0.15) is 0 Å². The zero-order valence-electron chi connectivity index (χ0n) is 10.5. The van der Waals surface area contributed by atoms with E-state index in [2.05, 4.69) is 19.2 Å². The summed E-state index contributed by atoms with van der Waals surface area (Å²) in [5, 5.41) is 3.26. The molecular formula is C12H24F3N. The van der Waals surface area contributed by atoms with Gasteiger partial charge in [-0.3, -0.25) is 0 Å². The summed E-state index contributed by atoms with van der Waals surface area (Å²) in [5.41, 5.74) is 0. The van der Waals surface area contributed by atoms with Crippen molar-refractivity contribution in [3.8, 4) is 0 Å². The Morgan fingerprint density at radius 1 is 1.06 bits per heavy atom. The summed E-state index contributed by atoms with van der Waals surface area (Å²) in [6.45, 7) is 7.10. The van der Waals surface area contributed by atoms with Crippen LogP contribution >= 0.6 is 0 Å². The number of nitrogens with one attached hydrogen (secondary N) is 1. The van der Waals surface area contributed by atoms with Crippen molar-refractivity contribution in [1.82, 2.24) is 5.32 Å². The second kappa shape index (κ2) is 7.93. The van der Waals surface area contributed by atoms with Crippen molar-refractivity contribution in [3.05, 3.63) is 0 Å². The normalized spacial score (nSPS) is 14.4. The molecule has 0 aromatic carbocycles. The van der Waals surface area contributed by atoms with Crippen molar-refractivity contribution >= 4 is 0 Å². The Labute approximate surface area is 96.8 Å². The van der Waals surface area contributed by atoms with Gasteiger partial charge in [-0.15, -0.1) is 0 Å². The molecule has 0 spiro atoms. The highest BCUT2D eigenvalue weighted by Gasteiger charge is 2.26. The molecule has 1 nitrogen and oxygen atoms in total. The van der Waals surface area contributed by atoms with E-state index in [-0.39, 0.29) is 12.5 Å². The van der Waals surface area contributed by atoms with Gasteiger partial charge < -0.3 is 5.32 Å². The Morgan fingerprint density at radius 3 is 2.12 bits per heavy atom. The minimum Gasteiger partial charge on any atom is -0.314 e. The van der Waals surface area contributed by atoms with Crippen molar-refractivity contribution in [1.29, 1.82) is 0 Å². The molecule has 1 unspecified atom stereocenters. The fraction of sp³-hybridized carbons (Fsp3) is 1.00. The van der Waals surface area contributed by atoms with Crippen LogP contribution in [-0.2, 0) is 0 Å². The van der Waals surface area contributed by atoms with Crippen molar-refractivity contribution in [2.24, 2.45) is 5.92 Å². The molecule has 1 N–H and O–H groups in total. The van der Waals surface area contributed by atoms with E-state index >= 15 is 0 Å². The maximum Gasteiger partial charge on any atom is 0.389 e. The van der Waals surface area contributed by atoms with Gasteiger partial charge in [-0.1, -0.05) is 20.8 Å². The molecule has 98 valence electrons. The average molecular weight is 239 g/mol. The molecule has 1 atom stereocenters. The molecule has 0 aliphatic rings. The molecule has 0 amide bonds. The summed E-state index contributed by atoms with van der Waals surface area (Å²) < 4.78 is 36.0. The molecular weight excluding hydrogens is 215 g/mol. The van der Waals surface area contributed by atoms with Crippen LogP contribution < -0.4 is 5.32 Å². The van der Waals surface area contributed by atoms with Gasteiger partial charge in [0.2, 0.25) is 0 Å². The first kappa shape index (κ1) is 15.8. The quantitative estimate of drug-likeness (QED) is 0.671. The van der Waals surface area contributed by atoms with Crippen LogP contribution in [0.1, 0.15) is 52.9 Å². The summed E-state index contributed by atoms with van der Waals surface area (Å²) >= 11 is 0. The lowest BCUT2D eigenvalue weighted by Gasteiger charge is -2.19. The van der Waals surface area contributed by atoms with Gasteiger partial charge in [-0.05, 0) is 38.1 Å². The molecule has 0 aliphatic carbocycles. The lowest BCUT2D eigenvalue weighted by molar-refractivity contribution is -0.135. The molecule has 16 heavy (non-hydrogen) atoms. The van der Waals surface area contributed by atoms with Crippen LogP contribution in [0.5, 0.6) is 0 Å². The molecule has 4 heteroatoms. The van der Waals surface area contributed by atoms with Gasteiger partial charge in [0.25, 0.3) is 0 Å². The van der Waals surface area contributed by atoms with Crippen molar-refractivity contribution in [2.75, 3.05) is 6.54 Å². The smallest absolute Gasteiger partial charge is 0.314 e. The molecule has 0 saturated carbocycles. The third kappa shape index (κ3) is 10.3. The Bertz CT molecular complexity index is 166. The molecule has 0 aliphatic heterocycles. The maximum absolute atomic E-state index is 12.0. The second-order valence-corrected chi connectivity index (χ2v) is 4.73. The minimum absolute atomic E-state index is 0.235. The molecule has 0 fully saturated rings. The number of hydrogen-bond donors (Lipinski definition) is 1. The van der Waals surface area contributed by atoms with Gasteiger partial charge in [0.15, 0.2) is 0 Å². The van der Waals surface area contributed by atoms with Gasteiger partial charge in [-0.2, -0.15) is 13.2 Å². The van der Waals surface area contributed by atoms with E-state index in [1.165, 1.54) is 0 Å². The third-order valence-corrected chi connectivity index (χ3v) is 2.60. The van der Waals surface area contributed by atoms with E-state index in [1.807, 2.05) is 6.92 Å². The van der Waals surface area contributed by atoms with Crippen LogP contribution in [0.4, 0.5) is 13.2 Å². The maximum atomic E-state index is 12.0. The summed E-state index contributed by atoms with van der Waals surface area (Å²) in [6, 6.07) is 0.245. The van der Waals surface area contributed by atoms with Gasteiger partial charge >= 0.3 is 6.18 Å². The molecule has 0 radical (unpaired) electrons. The molecule has 0 saturated heterocycles. The van der Waals surface area contributed by atoms with E-state index in [0.29, 0.717) is 12.3 Å². The number of hydrogen-bond acceptors (Lipinski definition) is 1. The standard InChI is InChI=1S/C12H24F3N/c1-4-16-11(8-7-10(2)3)6-5-9-12(13,14)15/h10-11,16H,4-9H2,1-3H3. The highest BCUT2D eigenvalue weighted by atomic mass is 19.4. The fourth-order valence-corrected chi connectivity index (χ4v) is 1.72. The Balaban J connectivity index is 3.76. The van der Waals surface area contributed by atoms with Crippen molar-refractivity contribution in [3.63, 3.8) is 0 Å². The zero-order chi connectivity index (χ0) is 12.6. The van der Waals surface area contributed by atoms with Crippen molar-refractivity contribution in [2.45, 2.75) is 65.1 Å². The minimum atomic E-state index is -4.01. The third-order valence-electron chi connectivity index (χ3n) is 2.60. The van der Waals surface area contributed by atoms with Crippen LogP contribution in [-0.4, -0.2) is 18.8 Å². The van der Waals surface area contributed by atoms with E-state index in [4.69, 9.17) is 0 Å². The van der Waals surface area contributed by atoms with Gasteiger partial charge in [0, 0.05) is 12.5 Å². The monoisotopic (exact) mass is 239 g/mol. The van der Waals surface area contributed by atoms with Gasteiger partial charge in [0.05, 0.1) is 0 Å². The highest BCUT2D eigenvalue weighted by Crippen LogP contribution is 2.23. The topological polar surface area (TPSA) is 12.0 Å². The summed E-state index contributed by atoms with van der Waals surface area (Å²) in [7, 11) is 0. The zero-order valence-corrected chi connectivity index (χ0v) is 10.5. The highest BCUT2D eigenvalue weighted by molar-refractivity contribution is 4.68. The van der Waals surface area contributed by atoms with Crippen LogP contribution in [0, 0.1) is 5.92 Å². The molecule has 0 heterocycles. The number of halogens is 3. The summed E-state index contributed by atoms with van der Waals surface area (Å²) in [5.74, 6) is 0.615. The number of alkyl halides is 3. The predicted molar refractivity (Wildman–Crippen MR) is 61.4 cm³/mol. The summed E-state index contributed by atoms with van der Waals surface area (Å²) in [6.07, 6.45) is -1.75. The summed E-state index contributed by atoms with van der Waals surface area (Å²) in [4.78, 5) is 0. The number of rotatable bonds is 8. The average Bonchev–Trinajstić information content (AvgIpc) is 2.12. The molecule has 0 rings (SSSR count). The van der Waals surface area contributed by atoms with Crippen molar-refractivity contribution < 1.29 is 13.2 Å². The van der Waals surface area contributed by atoms with Crippen LogP contribution in [0.2, 0.25) is 0 Å². The van der Waals surface area contributed by atoms with E-state index in [1.54, 1.807) is 0 Å². The van der Waals surface area contributed by atoms with E-state index < -0.39 is 12.6 Å². The molecule has 0 aromatic heterocycles. The van der Waals surface area contributed by atoms with Crippen LogP contribution in [0.25, 0.3) is 0 Å². The van der Waals surface area contributed by atoms with E-state index in [9.17, 15) is 13.2 Å². The molecule has 0 aromatic rings.